The van der Waals surface area contributed by atoms with Crippen LogP contribution in [-0.4, -0.2) is 29.3 Å². The number of fused-ring (bicyclic) bond motifs is 1. The zero-order valence-corrected chi connectivity index (χ0v) is 16.6. The summed E-state index contributed by atoms with van der Waals surface area (Å²) in [6.07, 6.45) is 3.53. The molecule has 0 amide bonds. The highest BCUT2D eigenvalue weighted by atomic mass is 32.1. The standard InChI is InChI=1S/C22H24N2O2S/c1-15(25)16-10-11-20(26-2)17(13-16)14-24-12-6-5-8-19(24)22-23-18-7-3-4-9-21(18)27-22/h3-4,7,9-11,13,19H,5-6,8,12,14H2,1-2H3/t19-/m0/s1. The van der Waals surface area contributed by atoms with Crippen molar-refractivity contribution in [2.75, 3.05) is 13.7 Å². The van der Waals surface area contributed by atoms with Gasteiger partial charge in [-0.15, -0.1) is 11.3 Å². The summed E-state index contributed by atoms with van der Waals surface area (Å²) in [5.41, 5.74) is 2.89. The molecule has 1 aromatic heterocycles. The third-order valence-electron chi connectivity index (χ3n) is 5.27. The van der Waals surface area contributed by atoms with Gasteiger partial charge in [0.2, 0.25) is 0 Å². The van der Waals surface area contributed by atoms with Crippen LogP contribution < -0.4 is 4.74 Å². The third kappa shape index (κ3) is 3.75. The molecule has 1 aliphatic rings. The minimum atomic E-state index is 0.0836. The Bertz CT molecular complexity index is 933. The highest BCUT2D eigenvalue weighted by Crippen LogP contribution is 2.37. The molecule has 0 aliphatic carbocycles. The number of para-hydroxylation sites is 1. The van der Waals surface area contributed by atoms with E-state index in [1.807, 2.05) is 24.3 Å². The number of rotatable bonds is 5. The number of Topliss-reactive ketones (excluding diaryl/α,β-unsaturated/α-hetero) is 1. The van der Waals surface area contributed by atoms with E-state index in [4.69, 9.17) is 9.72 Å². The number of ether oxygens (including phenoxy) is 1. The van der Waals surface area contributed by atoms with E-state index in [0.717, 1.165) is 41.9 Å². The molecule has 5 heteroatoms. The van der Waals surface area contributed by atoms with Crippen molar-refractivity contribution in [3.8, 4) is 5.75 Å². The van der Waals surface area contributed by atoms with Gasteiger partial charge in [-0.25, -0.2) is 4.98 Å². The number of benzene rings is 2. The number of hydrogen-bond donors (Lipinski definition) is 0. The zero-order chi connectivity index (χ0) is 18.8. The van der Waals surface area contributed by atoms with Gasteiger partial charge in [-0.2, -0.15) is 0 Å². The molecule has 0 bridgehead atoms. The van der Waals surface area contributed by atoms with Gasteiger partial charge in [0, 0.05) is 17.7 Å². The average Bonchev–Trinajstić information content (AvgIpc) is 3.12. The second kappa shape index (κ2) is 7.79. The van der Waals surface area contributed by atoms with Gasteiger partial charge in [0.1, 0.15) is 10.8 Å². The fourth-order valence-electron chi connectivity index (χ4n) is 3.83. The Morgan fingerprint density at radius 3 is 2.89 bits per heavy atom. The summed E-state index contributed by atoms with van der Waals surface area (Å²) < 4.78 is 6.80. The van der Waals surface area contributed by atoms with E-state index in [1.165, 1.54) is 22.5 Å². The Hall–Kier alpha value is -2.24. The third-order valence-corrected chi connectivity index (χ3v) is 6.41. The first-order valence-electron chi connectivity index (χ1n) is 9.43. The summed E-state index contributed by atoms with van der Waals surface area (Å²) in [5.74, 6) is 0.925. The van der Waals surface area contributed by atoms with E-state index >= 15 is 0 Å². The van der Waals surface area contributed by atoms with Crippen LogP contribution in [0, 0.1) is 0 Å². The maximum absolute atomic E-state index is 11.8. The normalized spacial score (nSPS) is 17.9. The number of nitrogens with zero attached hydrogens (tertiary/aromatic N) is 2. The molecule has 1 fully saturated rings. The number of ketones is 1. The molecule has 0 radical (unpaired) electrons. The fourth-order valence-corrected chi connectivity index (χ4v) is 4.97. The van der Waals surface area contributed by atoms with E-state index in [-0.39, 0.29) is 5.78 Å². The Kier molecular flexibility index (Phi) is 5.23. The molecule has 0 unspecified atom stereocenters. The smallest absolute Gasteiger partial charge is 0.159 e. The molecule has 2 heterocycles. The highest BCUT2D eigenvalue weighted by molar-refractivity contribution is 7.18. The van der Waals surface area contributed by atoms with Gasteiger partial charge in [-0.05, 0) is 56.6 Å². The van der Waals surface area contributed by atoms with Crippen molar-refractivity contribution in [2.45, 2.75) is 38.8 Å². The first kappa shape index (κ1) is 18.1. The first-order chi connectivity index (χ1) is 13.2. The number of hydrogen-bond acceptors (Lipinski definition) is 5. The first-order valence-corrected chi connectivity index (χ1v) is 10.2. The van der Waals surface area contributed by atoms with Gasteiger partial charge in [0.25, 0.3) is 0 Å². The number of likely N-dealkylation sites (tertiary alicyclic amines) is 1. The molecular weight excluding hydrogens is 356 g/mol. The van der Waals surface area contributed by atoms with Gasteiger partial charge in [-0.3, -0.25) is 9.69 Å². The molecule has 2 aromatic carbocycles. The number of carbonyl (C=O) groups excluding carboxylic acids is 1. The molecule has 0 N–H and O–H groups in total. The number of thiazole rings is 1. The van der Waals surface area contributed by atoms with Gasteiger partial charge < -0.3 is 4.74 Å². The van der Waals surface area contributed by atoms with E-state index in [0.29, 0.717) is 6.04 Å². The van der Waals surface area contributed by atoms with Crippen molar-refractivity contribution < 1.29 is 9.53 Å². The highest BCUT2D eigenvalue weighted by Gasteiger charge is 2.27. The lowest BCUT2D eigenvalue weighted by Gasteiger charge is -2.34. The fraction of sp³-hybridized carbons (Fsp3) is 0.364. The maximum Gasteiger partial charge on any atom is 0.159 e. The second-order valence-corrected chi connectivity index (χ2v) is 8.15. The van der Waals surface area contributed by atoms with Crippen LogP contribution in [-0.2, 0) is 6.54 Å². The van der Waals surface area contributed by atoms with Crippen LogP contribution in [0.1, 0.15) is 53.2 Å². The lowest BCUT2D eigenvalue weighted by Crippen LogP contribution is -2.33. The van der Waals surface area contributed by atoms with Gasteiger partial charge in [-0.1, -0.05) is 18.6 Å². The van der Waals surface area contributed by atoms with Crippen LogP contribution in [0.5, 0.6) is 5.75 Å². The molecule has 3 aromatic rings. The summed E-state index contributed by atoms with van der Waals surface area (Å²) in [7, 11) is 1.69. The predicted molar refractivity (Wildman–Crippen MR) is 110 cm³/mol. The van der Waals surface area contributed by atoms with Crippen molar-refractivity contribution in [2.24, 2.45) is 0 Å². The quantitative estimate of drug-likeness (QED) is 0.568. The van der Waals surface area contributed by atoms with E-state index in [9.17, 15) is 4.79 Å². The molecule has 1 saturated heterocycles. The van der Waals surface area contributed by atoms with Crippen LogP contribution in [0.15, 0.2) is 42.5 Å². The van der Waals surface area contributed by atoms with Crippen LogP contribution in [0.2, 0.25) is 0 Å². The lowest BCUT2D eigenvalue weighted by molar-refractivity contribution is 0.101. The molecule has 27 heavy (non-hydrogen) atoms. The summed E-state index contributed by atoms with van der Waals surface area (Å²) >= 11 is 1.80. The molecule has 1 aliphatic heterocycles. The molecule has 4 rings (SSSR count). The van der Waals surface area contributed by atoms with E-state index in [1.54, 1.807) is 25.4 Å². The minimum absolute atomic E-state index is 0.0836. The summed E-state index contributed by atoms with van der Waals surface area (Å²) in [5, 5.41) is 1.19. The molecule has 0 saturated carbocycles. The SMILES string of the molecule is COc1ccc(C(C)=O)cc1CN1CCCC[C@H]1c1nc2ccccc2s1. The van der Waals surface area contributed by atoms with E-state index in [2.05, 4.69) is 23.1 Å². The minimum Gasteiger partial charge on any atom is -0.496 e. The van der Waals surface area contributed by atoms with Crippen LogP contribution in [0.4, 0.5) is 0 Å². The summed E-state index contributed by atoms with van der Waals surface area (Å²) in [6, 6.07) is 14.4. The molecule has 4 nitrogen and oxygen atoms in total. The van der Waals surface area contributed by atoms with Crippen molar-refractivity contribution in [3.63, 3.8) is 0 Å². The monoisotopic (exact) mass is 380 g/mol. The number of methoxy groups -OCH3 is 1. The summed E-state index contributed by atoms with van der Waals surface area (Å²) in [6.45, 7) is 3.41. The van der Waals surface area contributed by atoms with Crippen LogP contribution in [0.3, 0.4) is 0 Å². The number of piperidine rings is 1. The average molecular weight is 381 g/mol. The van der Waals surface area contributed by atoms with Crippen molar-refractivity contribution in [3.05, 3.63) is 58.6 Å². The zero-order valence-electron chi connectivity index (χ0n) is 15.8. The lowest BCUT2D eigenvalue weighted by atomic mass is 10.00. The largest absolute Gasteiger partial charge is 0.496 e. The van der Waals surface area contributed by atoms with Crippen molar-refractivity contribution in [1.82, 2.24) is 9.88 Å². The Labute approximate surface area is 163 Å². The maximum atomic E-state index is 11.8. The predicted octanol–water partition coefficient (Wildman–Crippen LogP) is 5.23. The molecule has 140 valence electrons. The number of carbonyl (C=O) groups is 1. The van der Waals surface area contributed by atoms with Crippen LogP contribution in [0.25, 0.3) is 10.2 Å². The number of aromatic nitrogens is 1. The Morgan fingerprint density at radius 1 is 1.26 bits per heavy atom. The van der Waals surface area contributed by atoms with E-state index < -0.39 is 0 Å². The van der Waals surface area contributed by atoms with Gasteiger partial charge >= 0.3 is 0 Å². The van der Waals surface area contributed by atoms with Crippen molar-refractivity contribution in [1.29, 1.82) is 0 Å². The van der Waals surface area contributed by atoms with Crippen LogP contribution >= 0.6 is 11.3 Å². The Balaban J connectivity index is 1.65. The van der Waals surface area contributed by atoms with Crippen molar-refractivity contribution >= 4 is 27.3 Å². The van der Waals surface area contributed by atoms with Gasteiger partial charge in [0.15, 0.2) is 5.78 Å². The molecule has 0 spiro atoms. The second-order valence-electron chi connectivity index (χ2n) is 7.08. The topological polar surface area (TPSA) is 42.4 Å². The molecule has 1 atom stereocenters. The Morgan fingerprint density at radius 2 is 2.11 bits per heavy atom. The van der Waals surface area contributed by atoms with Gasteiger partial charge in [0.05, 0.1) is 23.4 Å². The summed E-state index contributed by atoms with van der Waals surface area (Å²) in [4.78, 5) is 19.2. The molecular formula is C22H24N2O2S.